The monoisotopic (exact) mass is 224 g/mol. The fraction of sp³-hybridized carbons (Fsp3) is 0.667. The third-order valence-corrected chi connectivity index (χ3v) is 4.78. The molecule has 1 aromatic heterocycles. The predicted molar refractivity (Wildman–Crippen MR) is 65.8 cm³/mol. The van der Waals surface area contributed by atoms with Crippen LogP contribution in [0.25, 0.3) is 0 Å². The lowest BCUT2D eigenvalue weighted by molar-refractivity contribution is 0.378. The summed E-state index contributed by atoms with van der Waals surface area (Å²) in [5, 5.41) is 0. The number of hydrazine groups is 1. The van der Waals surface area contributed by atoms with Crippen LogP contribution in [-0.4, -0.2) is 0 Å². The smallest absolute Gasteiger partial charge is 0.0581 e. The Morgan fingerprint density at radius 3 is 2.53 bits per heavy atom. The highest BCUT2D eigenvalue weighted by molar-refractivity contribution is 7.12. The van der Waals surface area contributed by atoms with Crippen LogP contribution in [0.15, 0.2) is 6.07 Å². The van der Waals surface area contributed by atoms with Crippen molar-refractivity contribution in [1.82, 2.24) is 5.43 Å². The molecular weight excluding hydrogens is 204 g/mol. The Morgan fingerprint density at radius 1 is 1.40 bits per heavy atom. The van der Waals surface area contributed by atoms with Crippen molar-refractivity contribution < 1.29 is 0 Å². The van der Waals surface area contributed by atoms with E-state index in [-0.39, 0.29) is 0 Å². The maximum Gasteiger partial charge on any atom is 0.0581 e. The van der Waals surface area contributed by atoms with Gasteiger partial charge in [0.1, 0.15) is 0 Å². The average molecular weight is 224 g/mol. The van der Waals surface area contributed by atoms with Crippen molar-refractivity contribution in [2.45, 2.75) is 45.6 Å². The number of hydrogen-bond donors (Lipinski definition) is 2. The van der Waals surface area contributed by atoms with Crippen molar-refractivity contribution >= 4 is 11.3 Å². The SMILES string of the molecule is Cc1cc(C(NN)C2CCCC2)sc1C. The van der Waals surface area contributed by atoms with E-state index in [9.17, 15) is 0 Å². The van der Waals surface area contributed by atoms with Gasteiger partial charge in [-0.1, -0.05) is 12.8 Å². The average Bonchev–Trinajstić information content (AvgIpc) is 2.80. The van der Waals surface area contributed by atoms with Crippen molar-refractivity contribution in [1.29, 1.82) is 0 Å². The van der Waals surface area contributed by atoms with Crippen LogP contribution in [0.4, 0.5) is 0 Å². The summed E-state index contributed by atoms with van der Waals surface area (Å²) in [6.07, 6.45) is 5.38. The molecule has 1 heterocycles. The van der Waals surface area contributed by atoms with E-state index in [2.05, 4.69) is 25.3 Å². The molecule has 84 valence electrons. The minimum absolute atomic E-state index is 0.380. The largest absolute Gasteiger partial charge is 0.271 e. The molecule has 1 atom stereocenters. The molecule has 0 saturated heterocycles. The number of nitrogens with one attached hydrogen (secondary N) is 1. The summed E-state index contributed by atoms with van der Waals surface area (Å²) in [5.41, 5.74) is 4.41. The summed E-state index contributed by atoms with van der Waals surface area (Å²) in [6, 6.07) is 2.67. The maximum atomic E-state index is 5.70. The van der Waals surface area contributed by atoms with Gasteiger partial charge in [0.25, 0.3) is 0 Å². The molecule has 0 amide bonds. The molecule has 3 heteroatoms. The molecule has 3 N–H and O–H groups in total. The van der Waals surface area contributed by atoms with Crippen LogP contribution < -0.4 is 11.3 Å². The van der Waals surface area contributed by atoms with E-state index in [1.165, 1.54) is 41.0 Å². The van der Waals surface area contributed by atoms with E-state index >= 15 is 0 Å². The second-order valence-corrected chi connectivity index (χ2v) is 5.86. The van der Waals surface area contributed by atoms with Crippen LogP contribution in [0.1, 0.15) is 47.0 Å². The van der Waals surface area contributed by atoms with Crippen molar-refractivity contribution in [2.24, 2.45) is 11.8 Å². The van der Waals surface area contributed by atoms with Gasteiger partial charge in [0, 0.05) is 9.75 Å². The fourth-order valence-electron chi connectivity index (χ4n) is 2.50. The van der Waals surface area contributed by atoms with Crippen LogP contribution in [0.2, 0.25) is 0 Å². The molecule has 1 saturated carbocycles. The lowest BCUT2D eigenvalue weighted by atomic mass is 9.97. The molecule has 0 bridgehead atoms. The first-order valence-electron chi connectivity index (χ1n) is 5.75. The topological polar surface area (TPSA) is 38.0 Å². The van der Waals surface area contributed by atoms with Crippen LogP contribution >= 0.6 is 11.3 Å². The molecule has 1 aliphatic rings. The van der Waals surface area contributed by atoms with E-state index in [0.29, 0.717) is 6.04 Å². The predicted octanol–water partition coefficient (Wildman–Crippen LogP) is 3.06. The Balaban J connectivity index is 2.18. The molecule has 1 unspecified atom stereocenters. The Morgan fingerprint density at radius 2 is 2.07 bits per heavy atom. The van der Waals surface area contributed by atoms with Crippen LogP contribution in [-0.2, 0) is 0 Å². The van der Waals surface area contributed by atoms with E-state index < -0.39 is 0 Å². The molecule has 2 nitrogen and oxygen atoms in total. The first-order valence-corrected chi connectivity index (χ1v) is 6.57. The molecular formula is C12H20N2S. The quantitative estimate of drug-likeness (QED) is 0.611. The number of nitrogens with two attached hydrogens (primary N) is 1. The van der Waals surface area contributed by atoms with Gasteiger partial charge < -0.3 is 0 Å². The standard InChI is InChI=1S/C12H20N2S/c1-8-7-11(15-9(8)2)12(14-13)10-5-3-4-6-10/h7,10,12,14H,3-6,13H2,1-2H3. The summed E-state index contributed by atoms with van der Waals surface area (Å²) < 4.78 is 0. The van der Waals surface area contributed by atoms with E-state index in [1.807, 2.05) is 11.3 Å². The highest BCUT2D eigenvalue weighted by atomic mass is 32.1. The summed E-state index contributed by atoms with van der Waals surface area (Å²) in [6.45, 7) is 4.36. The third kappa shape index (κ3) is 2.25. The molecule has 0 radical (unpaired) electrons. The Kier molecular flexibility index (Phi) is 3.44. The van der Waals surface area contributed by atoms with E-state index in [1.54, 1.807) is 0 Å². The van der Waals surface area contributed by atoms with Gasteiger partial charge >= 0.3 is 0 Å². The van der Waals surface area contributed by atoms with E-state index in [0.717, 1.165) is 5.92 Å². The lowest BCUT2D eigenvalue weighted by Crippen LogP contribution is -2.32. The maximum absolute atomic E-state index is 5.70. The highest BCUT2D eigenvalue weighted by Gasteiger charge is 2.26. The Hall–Kier alpha value is -0.380. The molecule has 15 heavy (non-hydrogen) atoms. The Bertz CT molecular complexity index is 307. The molecule has 2 rings (SSSR count). The zero-order chi connectivity index (χ0) is 10.8. The summed E-state index contributed by atoms with van der Waals surface area (Å²) in [7, 11) is 0. The van der Waals surface area contributed by atoms with Gasteiger partial charge in [0.05, 0.1) is 6.04 Å². The third-order valence-electron chi connectivity index (χ3n) is 3.54. The lowest BCUT2D eigenvalue weighted by Gasteiger charge is -2.21. The number of hydrogen-bond acceptors (Lipinski definition) is 3. The van der Waals surface area contributed by atoms with Crippen molar-refractivity contribution in [3.05, 3.63) is 21.4 Å². The number of rotatable bonds is 3. The van der Waals surface area contributed by atoms with Gasteiger partial charge in [-0.2, -0.15) is 0 Å². The summed E-state index contributed by atoms with van der Waals surface area (Å²) in [4.78, 5) is 2.84. The second kappa shape index (κ2) is 4.64. The van der Waals surface area contributed by atoms with Gasteiger partial charge in [0.2, 0.25) is 0 Å². The van der Waals surface area contributed by atoms with E-state index in [4.69, 9.17) is 5.84 Å². The second-order valence-electron chi connectivity index (χ2n) is 4.58. The molecule has 0 spiro atoms. The zero-order valence-electron chi connectivity index (χ0n) is 9.55. The minimum Gasteiger partial charge on any atom is -0.271 e. The minimum atomic E-state index is 0.380. The summed E-state index contributed by atoms with van der Waals surface area (Å²) in [5.74, 6) is 6.44. The Labute approximate surface area is 95.8 Å². The highest BCUT2D eigenvalue weighted by Crippen LogP contribution is 2.38. The molecule has 0 aromatic carbocycles. The van der Waals surface area contributed by atoms with Crippen LogP contribution in [0, 0.1) is 19.8 Å². The summed E-state index contributed by atoms with van der Waals surface area (Å²) >= 11 is 1.89. The van der Waals surface area contributed by atoms with Gasteiger partial charge in [-0.15, -0.1) is 11.3 Å². The number of aryl methyl sites for hydroxylation is 2. The van der Waals surface area contributed by atoms with Crippen LogP contribution in [0.5, 0.6) is 0 Å². The molecule has 1 aliphatic carbocycles. The van der Waals surface area contributed by atoms with Crippen LogP contribution in [0.3, 0.4) is 0 Å². The van der Waals surface area contributed by atoms with Gasteiger partial charge in [-0.3, -0.25) is 11.3 Å². The zero-order valence-corrected chi connectivity index (χ0v) is 10.4. The fourth-order valence-corrected chi connectivity index (χ4v) is 3.69. The van der Waals surface area contributed by atoms with Crippen molar-refractivity contribution in [3.8, 4) is 0 Å². The first-order chi connectivity index (χ1) is 7.22. The first kappa shape index (κ1) is 11.1. The molecule has 1 aromatic rings. The van der Waals surface area contributed by atoms with Gasteiger partial charge in [-0.05, 0) is 44.2 Å². The van der Waals surface area contributed by atoms with Crippen molar-refractivity contribution in [2.75, 3.05) is 0 Å². The molecule has 1 fully saturated rings. The normalized spacial score (nSPS) is 19.7. The van der Waals surface area contributed by atoms with Gasteiger partial charge in [0.15, 0.2) is 0 Å². The molecule has 0 aliphatic heterocycles. The number of thiophene rings is 1. The van der Waals surface area contributed by atoms with Gasteiger partial charge in [-0.25, -0.2) is 0 Å². The van der Waals surface area contributed by atoms with Crippen molar-refractivity contribution in [3.63, 3.8) is 0 Å².